The van der Waals surface area contributed by atoms with Gasteiger partial charge in [0.1, 0.15) is 12.3 Å². The Labute approximate surface area is 114 Å². The van der Waals surface area contributed by atoms with Gasteiger partial charge in [-0.25, -0.2) is 4.63 Å². The molecule has 2 aromatic rings. The van der Waals surface area contributed by atoms with Gasteiger partial charge in [-0.2, -0.15) is 0 Å². The van der Waals surface area contributed by atoms with E-state index in [1.54, 1.807) is 12.1 Å². The molecule has 1 atom stereocenters. The Hall–Kier alpha value is -2.57. The summed E-state index contributed by atoms with van der Waals surface area (Å²) in [5.74, 6) is 1.16. The Bertz CT molecular complexity index is 626. The number of carbonyl (C=O) groups excluding carboxylic acids is 1. The van der Waals surface area contributed by atoms with Crippen molar-refractivity contribution in [1.29, 1.82) is 0 Å². The van der Waals surface area contributed by atoms with Gasteiger partial charge in [0.05, 0.1) is 0 Å². The molecule has 104 valence electrons. The maximum atomic E-state index is 12.1. The molecule has 7 nitrogen and oxygen atoms in total. The number of aryl methyl sites for hydroxylation is 1. The number of nitrogens with zero attached hydrogens (tertiary/aromatic N) is 2. The molecular formula is C13H13N3O4. The van der Waals surface area contributed by atoms with Gasteiger partial charge in [0.25, 0.3) is 5.91 Å². The molecule has 1 aromatic carbocycles. The molecule has 2 heterocycles. The average molecular weight is 275 g/mol. The molecule has 3 rings (SSSR count). The molecule has 0 bridgehead atoms. The fourth-order valence-electron chi connectivity index (χ4n) is 1.88. The zero-order chi connectivity index (χ0) is 13.9. The first-order valence-electron chi connectivity index (χ1n) is 6.28. The van der Waals surface area contributed by atoms with Crippen LogP contribution in [0.25, 0.3) is 0 Å². The fraction of sp³-hybridized carbons (Fsp3) is 0.308. The van der Waals surface area contributed by atoms with Crippen LogP contribution in [0.4, 0.5) is 5.82 Å². The minimum Gasteiger partial charge on any atom is -0.485 e. The second-order valence-corrected chi connectivity index (χ2v) is 4.27. The van der Waals surface area contributed by atoms with E-state index in [-0.39, 0.29) is 12.5 Å². The highest BCUT2D eigenvalue weighted by Crippen LogP contribution is 2.31. The molecule has 0 aliphatic carbocycles. The summed E-state index contributed by atoms with van der Waals surface area (Å²) in [6.07, 6.45) is -0.115. The molecule has 7 heteroatoms. The van der Waals surface area contributed by atoms with Crippen molar-refractivity contribution in [2.24, 2.45) is 0 Å². The van der Waals surface area contributed by atoms with Crippen molar-refractivity contribution in [3.8, 4) is 11.5 Å². The van der Waals surface area contributed by atoms with E-state index in [1.165, 1.54) is 0 Å². The summed E-state index contributed by atoms with van der Waals surface area (Å²) in [7, 11) is 0. The lowest BCUT2D eigenvalue weighted by Crippen LogP contribution is -2.40. The van der Waals surface area contributed by atoms with E-state index in [1.807, 2.05) is 19.1 Å². The van der Waals surface area contributed by atoms with Gasteiger partial charge in [0.15, 0.2) is 11.5 Å². The van der Waals surface area contributed by atoms with Crippen LogP contribution >= 0.6 is 0 Å². The summed E-state index contributed by atoms with van der Waals surface area (Å²) in [5, 5.41) is 9.98. The van der Waals surface area contributed by atoms with Crippen molar-refractivity contribution in [2.75, 3.05) is 11.9 Å². The lowest BCUT2D eigenvalue weighted by atomic mass is 10.2. The number of benzene rings is 1. The summed E-state index contributed by atoms with van der Waals surface area (Å²) in [6.45, 7) is 2.04. The third kappa shape index (κ3) is 2.29. The quantitative estimate of drug-likeness (QED) is 0.911. The largest absolute Gasteiger partial charge is 0.485 e. The number of aromatic nitrogens is 2. The van der Waals surface area contributed by atoms with Crippen LogP contribution < -0.4 is 14.8 Å². The summed E-state index contributed by atoms with van der Waals surface area (Å²) in [6, 6.07) is 7.21. The number of amides is 1. The van der Waals surface area contributed by atoms with Crippen molar-refractivity contribution in [1.82, 2.24) is 10.3 Å². The topological polar surface area (TPSA) is 86.5 Å². The van der Waals surface area contributed by atoms with Gasteiger partial charge in [-0.1, -0.05) is 24.2 Å². The number of hydrogen-bond acceptors (Lipinski definition) is 6. The highest BCUT2D eigenvalue weighted by atomic mass is 16.6. The minimum atomic E-state index is -0.730. The molecule has 1 aliphatic rings. The fourth-order valence-corrected chi connectivity index (χ4v) is 1.88. The van der Waals surface area contributed by atoms with Gasteiger partial charge in [-0.3, -0.25) is 4.79 Å². The third-order valence-electron chi connectivity index (χ3n) is 2.93. The molecule has 1 aromatic heterocycles. The summed E-state index contributed by atoms with van der Waals surface area (Å²) >= 11 is 0. The third-order valence-corrected chi connectivity index (χ3v) is 2.93. The normalized spacial score (nSPS) is 16.8. The zero-order valence-corrected chi connectivity index (χ0v) is 10.8. The number of rotatable bonds is 3. The molecule has 1 N–H and O–H groups in total. The Morgan fingerprint density at radius 2 is 2.15 bits per heavy atom. The molecule has 1 amide bonds. The molecule has 0 radical (unpaired) electrons. The Morgan fingerprint density at radius 1 is 1.35 bits per heavy atom. The number of carbonyl (C=O) groups is 1. The van der Waals surface area contributed by atoms with E-state index in [0.717, 1.165) is 0 Å². The molecular weight excluding hydrogens is 262 g/mol. The van der Waals surface area contributed by atoms with Crippen LogP contribution in [0.3, 0.4) is 0 Å². The Balaban J connectivity index is 1.70. The predicted molar refractivity (Wildman–Crippen MR) is 68.7 cm³/mol. The molecule has 0 spiro atoms. The second kappa shape index (κ2) is 5.20. The number of fused-ring (bicyclic) bond motifs is 1. The van der Waals surface area contributed by atoms with Crippen LogP contribution in [0.5, 0.6) is 11.5 Å². The average Bonchev–Trinajstić information content (AvgIpc) is 2.94. The minimum absolute atomic E-state index is 0.148. The highest BCUT2D eigenvalue weighted by Gasteiger charge is 2.28. The zero-order valence-electron chi connectivity index (χ0n) is 10.8. The maximum Gasteiger partial charge on any atom is 0.270 e. The van der Waals surface area contributed by atoms with E-state index in [4.69, 9.17) is 9.47 Å². The molecule has 1 aliphatic heterocycles. The van der Waals surface area contributed by atoms with Crippen molar-refractivity contribution >= 4 is 11.7 Å². The highest BCUT2D eigenvalue weighted by molar-refractivity contribution is 5.94. The van der Waals surface area contributed by atoms with Crippen LogP contribution in [0, 0.1) is 0 Å². The first kappa shape index (κ1) is 12.5. The summed E-state index contributed by atoms with van der Waals surface area (Å²) < 4.78 is 15.7. The summed E-state index contributed by atoms with van der Waals surface area (Å²) in [4.78, 5) is 12.1. The first-order valence-corrected chi connectivity index (χ1v) is 6.28. The number of ether oxygens (including phenoxy) is 2. The molecule has 0 fully saturated rings. The first-order chi connectivity index (χ1) is 9.78. The predicted octanol–water partition coefficient (Wildman–Crippen LogP) is 1.41. The van der Waals surface area contributed by atoms with Crippen LogP contribution in [-0.4, -0.2) is 28.9 Å². The van der Waals surface area contributed by atoms with Gasteiger partial charge in [-0.05, 0) is 23.7 Å². The second-order valence-electron chi connectivity index (χ2n) is 4.27. The number of hydrogen-bond donors (Lipinski definition) is 1. The summed E-state index contributed by atoms with van der Waals surface area (Å²) in [5.41, 5.74) is 0.593. The smallest absolute Gasteiger partial charge is 0.270 e. The number of anilines is 1. The van der Waals surface area contributed by atoms with E-state index in [2.05, 4.69) is 20.3 Å². The van der Waals surface area contributed by atoms with Gasteiger partial charge >= 0.3 is 0 Å². The van der Waals surface area contributed by atoms with Crippen molar-refractivity contribution < 1.29 is 18.9 Å². The van der Waals surface area contributed by atoms with Gasteiger partial charge in [-0.15, -0.1) is 0 Å². The molecule has 0 saturated carbocycles. The van der Waals surface area contributed by atoms with Crippen molar-refractivity contribution in [3.05, 3.63) is 30.0 Å². The SMILES string of the molecule is CCc1nonc1NC(=O)[C@@H]1COc2ccccc2O1. The molecule has 0 saturated heterocycles. The Morgan fingerprint density at radius 3 is 2.95 bits per heavy atom. The van der Waals surface area contributed by atoms with Crippen LogP contribution in [-0.2, 0) is 11.2 Å². The number of para-hydroxylation sites is 2. The Kier molecular flexibility index (Phi) is 3.24. The van der Waals surface area contributed by atoms with Crippen LogP contribution in [0.2, 0.25) is 0 Å². The molecule has 20 heavy (non-hydrogen) atoms. The lowest BCUT2D eigenvalue weighted by Gasteiger charge is -2.25. The van der Waals surface area contributed by atoms with Gasteiger partial charge in [0, 0.05) is 0 Å². The lowest BCUT2D eigenvalue weighted by molar-refractivity contribution is -0.125. The maximum absolute atomic E-state index is 12.1. The van der Waals surface area contributed by atoms with E-state index in [0.29, 0.717) is 29.4 Å². The monoisotopic (exact) mass is 275 g/mol. The molecule has 0 unspecified atom stereocenters. The van der Waals surface area contributed by atoms with E-state index in [9.17, 15) is 4.79 Å². The van der Waals surface area contributed by atoms with Gasteiger partial charge < -0.3 is 14.8 Å². The van der Waals surface area contributed by atoms with Crippen LogP contribution in [0.15, 0.2) is 28.9 Å². The number of nitrogens with one attached hydrogen (secondary N) is 1. The van der Waals surface area contributed by atoms with E-state index >= 15 is 0 Å². The van der Waals surface area contributed by atoms with Gasteiger partial charge in [0.2, 0.25) is 11.9 Å². The standard InChI is InChI=1S/C13H13N3O4/c1-2-8-12(16-20-15-8)14-13(17)11-7-18-9-5-3-4-6-10(9)19-11/h3-6,11H,2,7H2,1H3,(H,14,16,17)/t11-/m0/s1. The van der Waals surface area contributed by atoms with Crippen molar-refractivity contribution in [2.45, 2.75) is 19.4 Å². The van der Waals surface area contributed by atoms with Crippen LogP contribution in [0.1, 0.15) is 12.6 Å². The van der Waals surface area contributed by atoms with Crippen molar-refractivity contribution in [3.63, 3.8) is 0 Å². The van der Waals surface area contributed by atoms with E-state index < -0.39 is 6.10 Å².